The fourth-order valence-electron chi connectivity index (χ4n) is 2.54. The Labute approximate surface area is 112 Å². The molecular formula is C16H16N2O. The fourth-order valence-corrected chi connectivity index (χ4v) is 2.54. The number of amides is 1. The Balaban J connectivity index is 1.86. The molecule has 19 heavy (non-hydrogen) atoms. The van der Waals surface area contributed by atoms with Crippen LogP contribution in [-0.4, -0.2) is 17.4 Å². The van der Waals surface area contributed by atoms with E-state index in [2.05, 4.69) is 6.07 Å². The van der Waals surface area contributed by atoms with Crippen molar-refractivity contribution >= 4 is 11.6 Å². The van der Waals surface area contributed by atoms with Gasteiger partial charge in [0.2, 0.25) is 0 Å². The predicted octanol–water partition coefficient (Wildman–Crippen LogP) is 2.47. The van der Waals surface area contributed by atoms with Crippen LogP contribution in [0.2, 0.25) is 0 Å². The molecule has 2 aromatic rings. The lowest BCUT2D eigenvalue weighted by Crippen LogP contribution is -2.36. The summed E-state index contributed by atoms with van der Waals surface area (Å²) < 4.78 is 0. The van der Waals surface area contributed by atoms with Gasteiger partial charge in [-0.05, 0) is 35.7 Å². The van der Waals surface area contributed by atoms with Gasteiger partial charge in [0.05, 0.1) is 0 Å². The fraction of sp³-hybridized carbons (Fsp3) is 0.188. The highest BCUT2D eigenvalue weighted by Crippen LogP contribution is 2.25. The van der Waals surface area contributed by atoms with Crippen LogP contribution in [0.15, 0.2) is 48.5 Å². The molecule has 0 atom stereocenters. The third-order valence-electron chi connectivity index (χ3n) is 3.62. The molecule has 1 amide bonds. The summed E-state index contributed by atoms with van der Waals surface area (Å²) >= 11 is 0. The van der Waals surface area contributed by atoms with Crippen LogP contribution in [0.5, 0.6) is 0 Å². The zero-order chi connectivity index (χ0) is 13.2. The SMILES string of the molecule is Nc1cccc2c1CN(C(=O)c1ccccc1)CC2. The van der Waals surface area contributed by atoms with Gasteiger partial charge < -0.3 is 10.6 Å². The van der Waals surface area contributed by atoms with Crippen LogP contribution in [0.3, 0.4) is 0 Å². The predicted molar refractivity (Wildman–Crippen MR) is 75.7 cm³/mol. The molecule has 2 N–H and O–H groups in total. The van der Waals surface area contributed by atoms with E-state index in [9.17, 15) is 4.79 Å². The minimum atomic E-state index is 0.0782. The van der Waals surface area contributed by atoms with E-state index in [-0.39, 0.29) is 5.91 Å². The minimum absolute atomic E-state index is 0.0782. The van der Waals surface area contributed by atoms with Gasteiger partial charge in [-0.3, -0.25) is 4.79 Å². The third-order valence-corrected chi connectivity index (χ3v) is 3.62. The van der Waals surface area contributed by atoms with Gasteiger partial charge in [-0.2, -0.15) is 0 Å². The molecule has 2 aromatic carbocycles. The molecule has 0 aromatic heterocycles. The van der Waals surface area contributed by atoms with Crippen LogP contribution in [0.4, 0.5) is 5.69 Å². The molecule has 0 aliphatic carbocycles. The number of carbonyl (C=O) groups excluding carboxylic acids is 1. The van der Waals surface area contributed by atoms with Crippen molar-refractivity contribution < 1.29 is 4.79 Å². The quantitative estimate of drug-likeness (QED) is 0.792. The first-order valence-corrected chi connectivity index (χ1v) is 6.46. The van der Waals surface area contributed by atoms with Crippen molar-refractivity contribution in [1.82, 2.24) is 4.90 Å². The maximum Gasteiger partial charge on any atom is 0.254 e. The largest absolute Gasteiger partial charge is 0.398 e. The van der Waals surface area contributed by atoms with Crippen LogP contribution in [0, 0.1) is 0 Å². The third kappa shape index (κ3) is 2.19. The van der Waals surface area contributed by atoms with E-state index < -0.39 is 0 Å². The molecule has 3 heteroatoms. The topological polar surface area (TPSA) is 46.3 Å². The summed E-state index contributed by atoms with van der Waals surface area (Å²) in [7, 11) is 0. The molecule has 0 radical (unpaired) electrons. The molecule has 96 valence electrons. The standard InChI is InChI=1S/C16H16N2O/c17-15-8-4-7-12-9-10-18(11-14(12)15)16(19)13-5-2-1-3-6-13/h1-8H,9-11,17H2. The van der Waals surface area contributed by atoms with Crippen molar-refractivity contribution in [2.24, 2.45) is 0 Å². The molecule has 0 unspecified atom stereocenters. The highest BCUT2D eigenvalue weighted by molar-refractivity contribution is 5.94. The average Bonchev–Trinajstić information content (AvgIpc) is 2.47. The number of carbonyl (C=O) groups is 1. The van der Waals surface area contributed by atoms with Crippen molar-refractivity contribution in [1.29, 1.82) is 0 Å². The van der Waals surface area contributed by atoms with Crippen LogP contribution < -0.4 is 5.73 Å². The zero-order valence-electron chi connectivity index (χ0n) is 10.7. The van der Waals surface area contributed by atoms with Crippen LogP contribution >= 0.6 is 0 Å². The number of fused-ring (bicyclic) bond motifs is 1. The van der Waals surface area contributed by atoms with E-state index in [1.54, 1.807) is 0 Å². The monoisotopic (exact) mass is 252 g/mol. The number of hydrogen-bond donors (Lipinski definition) is 1. The Morgan fingerprint density at radius 3 is 2.63 bits per heavy atom. The van der Waals surface area contributed by atoms with Gasteiger partial charge in [-0.15, -0.1) is 0 Å². The van der Waals surface area contributed by atoms with Gasteiger partial charge in [0.15, 0.2) is 0 Å². The van der Waals surface area contributed by atoms with E-state index in [4.69, 9.17) is 5.73 Å². The molecule has 3 nitrogen and oxygen atoms in total. The summed E-state index contributed by atoms with van der Waals surface area (Å²) in [5.41, 5.74) is 9.88. The number of nitrogens with zero attached hydrogens (tertiary/aromatic N) is 1. The van der Waals surface area contributed by atoms with E-state index in [1.165, 1.54) is 5.56 Å². The molecule has 0 fully saturated rings. The van der Waals surface area contributed by atoms with Crippen molar-refractivity contribution in [3.63, 3.8) is 0 Å². The molecule has 0 saturated carbocycles. The number of anilines is 1. The Morgan fingerprint density at radius 1 is 1.05 bits per heavy atom. The first-order valence-electron chi connectivity index (χ1n) is 6.46. The summed E-state index contributed by atoms with van der Waals surface area (Å²) in [5, 5.41) is 0. The molecule has 1 heterocycles. The molecule has 3 rings (SSSR count). The Kier molecular flexibility index (Phi) is 2.95. The molecule has 0 bridgehead atoms. The summed E-state index contributed by atoms with van der Waals surface area (Å²) in [6.07, 6.45) is 0.874. The number of nitrogen functional groups attached to an aromatic ring is 1. The van der Waals surface area contributed by atoms with E-state index in [0.29, 0.717) is 6.54 Å². The number of hydrogen-bond acceptors (Lipinski definition) is 2. The zero-order valence-corrected chi connectivity index (χ0v) is 10.7. The maximum atomic E-state index is 12.4. The van der Waals surface area contributed by atoms with E-state index in [0.717, 1.165) is 29.8 Å². The number of benzene rings is 2. The van der Waals surface area contributed by atoms with Crippen LogP contribution in [0.25, 0.3) is 0 Å². The van der Waals surface area contributed by atoms with E-state index >= 15 is 0 Å². The lowest BCUT2D eigenvalue weighted by atomic mass is 9.97. The maximum absolute atomic E-state index is 12.4. The van der Waals surface area contributed by atoms with E-state index in [1.807, 2.05) is 47.4 Å². The summed E-state index contributed by atoms with van der Waals surface area (Å²) in [5.74, 6) is 0.0782. The first kappa shape index (κ1) is 11.8. The molecule has 1 aliphatic rings. The second-order valence-electron chi connectivity index (χ2n) is 4.83. The summed E-state index contributed by atoms with van der Waals surface area (Å²) in [6.45, 7) is 1.36. The molecular weight excluding hydrogens is 236 g/mol. The van der Waals surface area contributed by atoms with Crippen molar-refractivity contribution in [2.75, 3.05) is 12.3 Å². The molecule has 0 spiro atoms. The van der Waals surface area contributed by atoms with Gasteiger partial charge in [-0.25, -0.2) is 0 Å². The van der Waals surface area contributed by atoms with Gasteiger partial charge >= 0.3 is 0 Å². The second kappa shape index (κ2) is 4.76. The Morgan fingerprint density at radius 2 is 1.84 bits per heavy atom. The van der Waals surface area contributed by atoms with Crippen LogP contribution in [0.1, 0.15) is 21.5 Å². The molecule has 1 aliphatic heterocycles. The lowest BCUT2D eigenvalue weighted by molar-refractivity contribution is 0.0735. The second-order valence-corrected chi connectivity index (χ2v) is 4.83. The number of nitrogens with two attached hydrogens (primary N) is 1. The Hall–Kier alpha value is -2.29. The summed E-state index contributed by atoms with van der Waals surface area (Å²) in [4.78, 5) is 14.3. The van der Waals surface area contributed by atoms with Crippen molar-refractivity contribution in [3.05, 3.63) is 65.2 Å². The average molecular weight is 252 g/mol. The summed E-state index contributed by atoms with van der Waals surface area (Å²) in [6, 6.07) is 15.4. The highest BCUT2D eigenvalue weighted by Gasteiger charge is 2.22. The smallest absolute Gasteiger partial charge is 0.254 e. The molecule has 0 saturated heterocycles. The minimum Gasteiger partial charge on any atom is -0.398 e. The Bertz CT molecular complexity index is 607. The lowest BCUT2D eigenvalue weighted by Gasteiger charge is -2.29. The van der Waals surface area contributed by atoms with Gasteiger partial charge in [0, 0.05) is 24.3 Å². The first-order chi connectivity index (χ1) is 9.25. The highest BCUT2D eigenvalue weighted by atomic mass is 16.2. The number of rotatable bonds is 1. The van der Waals surface area contributed by atoms with Crippen LogP contribution in [-0.2, 0) is 13.0 Å². The van der Waals surface area contributed by atoms with Crippen molar-refractivity contribution in [2.45, 2.75) is 13.0 Å². The van der Waals surface area contributed by atoms with Gasteiger partial charge in [0.25, 0.3) is 5.91 Å². The normalized spacial score (nSPS) is 14.0. The van der Waals surface area contributed by atoms with Crippen molar-refractivity contribution in [3.8, 4) is 0 Å². The van der Waals surface area contributed by atoms with Gasteiger partial charge in [-0.1, -0.05) is 30.3 Å². The van der Waals surface area contributed by atoms with Gasteiger partial charge in [0.1, 0.15) is 0 Å².